The molecule has 1 aliphatic carbocycles. The minimum absolute atomic E-state index is 0.0275. The first-order valence-corrected chi connectivity index (χ1v) is 12.7. The Morgan fingerprint density at radius 2 is 1.41 bits per heavy atom. The van der Waals surface area contributed by atoms with E-state index in [9.17, 15) is 9.59 Å². The van der Waals surface area contributed by atoms with Gasteiger partial charge in [0.1, 0.15) is 11.2 Å². The molecular weight excluding hydrogens is 464 g/mol. The van der Waals surface area contributed by atoms with E-state index in [0.29, 0.717) is 5.92 Å². The van der Waals surface area contributed by atoms with Gasteiger partial charge in [0.25, 0.3) is 0 Å². The minimum Gasteiger partial charge on any atom is -0.460 e. The van der Waals surface area contributed by atoms with Gasteiger partial charge in [-0.1, -0.05) is 24.3 Å². The van der Waals surface area contributed by atoms with Crippen molar-refractivity contribution in [3.63, 3.8) is 0 Å². The lowest BCUT2D eigenvalue weighted by Crippen LogP contribution is -2.25. The number of nitrogens with one attached hydrogen (secondary N) is 2. The molecule has 37 heavy (non-hydrogen) atoms. The highest BCUT2D eigenvalue weighted by Crippen LogP contribution is 2.50. The van der Waals surface area contributed by atoms with Gasteiger partial charge in [-0.25, -0.2) is 4.79 Å². The minimum atomic E-state index is -0.457. The first-order chi connectivity index (χ1) is 17.4. The SMILES string of the molecule is CC(C)(C)OC(=O)/C=C/c1cccc2[nH]ccc12.CC(C)(C)OC(=O)C1CC1c1cccc2[nH]ccc12. The third kappa shape index (κ3) is 6.91. The van der Waals surface area contributed by atoms with Crippen LogP contribution in [0.15, 0.2) is 67.0 Å². The van der Waals surface area contributed by atoms with Crippen molar-refractivity contribution in [2.45, 2.75) is 65.1 Å². The Balaban J connectivity index is 0.000000173. The fraction of sp³-hybridized carbons (Fsp3) is 0.355. The fourth-order valence-corrected chi connectivity index (χ4v) is 4.36. The van der Waals surface area contributed by atoms with Gasteiger partial charge < -0.3 is 19.4 Å². The molecule has 2 unspecified atom stereocenters. The van der Waals surface area contributed by atoms with E-state index in [1.807, 2.05) is 84.3 Å². The largest absolute Gasteiger partial charge is 0.460 e. The summed E-state index contributed by atoms with van der Waals surface area (Å²) in [5.74, 6) is -0.0471. The molecule has 6 nitrogen and oxygen atoms in total. The number of aromatic nitrogens is 2. The number of esters is 2. The summed E-state index contributed by atoms with van der Waals surface area (Å²) in [5, 5.41) is 2.32. The van der Waals surface area contributed by atoms with Crippen LogP contribution in [0.2, 0.25) is 0 Å². The van der Waals surface area contributed by atoms with Crippen molar-refractivity contribution >= 4 is 39.8 Å². The second-order valence-corrected chi connectivity index (χ2v) is 11.4. The van der Waals surface area contributed by atoms with Crippen LogP contribution in [0.4, 0.5) is 0 Å². The first-order valence-electron chi connectivity index (χ1n) is 12.7. The molecule has 0 spiro atoms. The maximum atomic E-state index is 12.0. The van der Waals surface area contributed by atoms with Gasteiger partial charge in [-0.2, -0.15) is 0 Å². The van der Waals surface area contributed by atoms with Gasteiger partial charge >= 0.3 is 11.9 Å². The third-order valence-corrected chi connectivity index (χ3v) is 5.96. The van der Waals surface area contributed by atoms with E-state index in [1.165, 1.54) is 17.0 Å². The Morgan fingerprint density at radius 3 is 2.05 bits per heavy atom. The molecule has 4 aromatic rings. The van der Waals surface area contributed by atoms with Crippen LogP contribution < -0.4 is 0 Å². The summed E-state index contributed by atoms with van der Waals surface area (Å²) in [6, 6.07) is 16.2. The summed E-state index contributed by atoms with van der Waals surface area (Å²) in [6.45, 7) is 11.3. The van der Waals surface area contributed by atoms with Gasteiger partial charge in [0, 0.05) is 40.3 Å². The van der Waals surface area contributed by atoms with Gasteiger partial charge in [-0.15, -0.1) is 0 Å². The van der Waals surface area contributed by atoms with Crippen LogP contribution in [0.5, 0.6) is 0 Å². The Kier molecular flexibility index (Phi) is 7.30. The van der Waals surface area contributed by atoms with Gasteiger partial charge in [0.05, 0.1) is 5.92 Å². The number of ether oxygens (including phenoxy) is 2. The number of rotatable bonds is 4. The van der Waals surface area contributed by atoms with Crippen LogP contribution in [-0.2, 0) is 19.1 Å². The van der Waals surface area contributed by atoms with Crippen LogP contribution in [-0.4, -0.2) is 33.1 Å². The lowest BCUT2D eigenvalue weighted by atomic mass is 10.0. The van der Waals surface area contributed by atoms with E-state index in [4.69, 9.17) is 9.47 Å². The Hall–Kier alpha value is -3.80. The summed E-state index contributed by atoms with van der Waals surface area (Å²) >= 11 is 0. The maximum absolute atomic E-state index is 12.0. The highest BCUT2D eigenvalue weighted by molar-refractivity contribution is 5.94. The number of hydrogen-bond acceptors (Lipinski definition) is 4. The molecular formula is C31H36N2O4. The van der Waals surface area contributed by atoms with E-state index in [1.54, 1.807) is 6.08 Å². The number of fused-ring (bicyclic) bond motifs is 2. The molecule has 2 atom stereocenters. The monoisotopic (exact) mass is 500 g/mol. The van der Waals surface area contributed by atoms with Crippen molar-refractivity contribution in [3.8, 4) is 0 Å². The molecule has 0 radical (unpaired) electrons. The second kappa shape index (κ2) is 10.3. The summed E-state index contributed by atoms with van der Waals surface area (Å²) in [6.07, 6.45) is 7.98. The summed E-state index contributed by atoms with van der Waals surface area (Å²) < 4.78 is 10.7. The van der Waals surface area contributed by atoms with Gasteiger partial charge in [-0.05, 0) is 95.3 Å². The van der Waals surface area contributed by atoms with Gasteiger partial charge in [-0.3, -0.25) is 4.79 Å². The van der Waals surface area contributed by atoms with E-state index in [0.717, 1.165) is 28.4 Å². The van der Waals surface area contributed by atoms with Crippen LogP contribution in [0, 0.1) is 5.92 Å². The molecule has 2 aromatic heterocycles. The highest BCUT2D eigenvalue weighted by atomic mass is 16.6. The van der Waals surface area contributed by atoms with E-state index in [-0.39, 0.29) is 17.9 Å². The molecule has 6 heteroatoms. The molecule has 2 aromatic carbocycles. The number of carbonyl (C=O) groups excluding carboxylic acids is 2. The molecule has 1 aliphatic rings. The zero-order valence-corrected chi connectivity index (χ0v) is 22.4. The average molecular weight is 501 g/mol. The zero-order chi connectivity index (χ0) is 26.8. The zero-order valence-electron chi connectivity index (χ0n) is 22.4. The van der Waals surface area contributed by atoms with Crippen molar-refractivity contribution in [2.75, 3.05) is 0 Å². The van der Waals surface area contributed by atoms with E-state index >= 15 is 0 Å². The molecule has 5 rings (SSSR count). The van der Waals surface area contributed by atoms with E-state index < -0.39 is 11.2 Å². The fourth-order valence-electron chi connectivity index (χ4n) is 4.36. The smallest absolute Gasteiger partial charge is 0.331 e. The molecule has 1 fully saturated rings. The topological polar surface area (TPSA) is 84.2 Å². The molecule has 0 aliphatic heterocycles. The Morgan fingerprint density at radius 1 is 0.811 bits per heavy atom. The lowest BCUT2D eigenvalue weighted by Gasteiger charge is -2.19. The summed E-state index contributed by atoms with van der Waals surface area (Å²) in [4.78, 5) is 30.0. The maximum Gasteiger partial charge on any atom is 0.331 e. The van der Waals surface area contributed by atoms with Crippen molar-refractivity contribution in [2.24, 2.45) is 5.92 Å². The summed E-state index contributed by atoms with van der Waals surface area (Å²) in [5.41, 5.74) is 3.59. The predicted molar refractivity (Wildman–Crippen MR) is 148 cm³/mol. The molecule has 2 heterocycles. The molecule has 1 saturated carbocycles. The molecule has 194 valence electrons. The van der Waals surface area contributed by atoms with Gasteiger partial charge in [0.2, 0.25) is 0 Å². The van der Waals surface area contributed by atoms with Crippen LogP contribution in [0.25, 0.3) is 27.9 Å². The number of H-pyrrole nitrogens is 2. The highest BCUT2D eigenvalue weighted by Gasteiger charge is 2.46. The number of benzene rings is 2. The molecule has 0 amide bonds. The second-order valence-electron chi connectivity index (χ2n) is 11.4. The van der Waals surface area contributed by atoms with Crippen molar-refractivity contribution in [1.29, 1.82) is 0 Å². The lowest BCUT2D eigenvalue weighted by molar-refractivity contribution is -0.156. The number of hydrogen-bond donors (Lipinski definition) is 2. The molecule has 2 N–H and O–H groups in total. The van der Waals surface area contributed by atoms with Crippen LogP contribution >= 0.6 is 0 Å². The van der Waals surface area contributed by atoms with E-state index in [2.05, 4.69) is 28.2 Å². The quantitative estimate of drug-likeness (QED) is 0.230. The normalized spacial score (nSPS) is 17.5. The average Bonchev–Trinajstić information content (AvgIpc) is 3.20. The molecule has 0 saturated heterocycles. The number of aromatic amines is 2. The Labute approximate surface area is 218 Å². The number of carbonyl (C=O) groups is 2. The van der Waals surface area contributed by atoms with Crippen LogP contribution in [0.1, 0.15) is 65.0 Å². The Bertz CT molecular complexity index is 1430. The van der Waals surface area contributed by atoms with Gasteiger partial charge in [0.15, 0.2) is 0 Å². The van der Waals surface area contributed by atoms with Crippen molar-refractivity contribution in [3.05, 3.63) is 78.1 Å². The first kappa shape index (κ1) is 26.3. The standard InChI is InChI=1S/C16H19NO2.C15H17NO2/c1-16(2,3)19-15(18)13-9-12(13)10-5-4-6-14-11(10)7-8-17-14;1-15(2,3)18-14(17)8-7-11-5-4-6-13-12(11)9-10-16-13/h4-8,12-13,17H,9H2,1-3H3;4-10,16H,1-3H3/b;8-7+. The summed E-state index contributed by atoms with van der Waals surface area (Å²) in [7, 11) is 0. The predicted octanol–water partition coefficient (Wildman–Crippen LogP) is 7.14. The third-order valence-electron chi connectivity index (χ3n) is 5.96. The molecule has 0 bridgehead atoms. The van der Waals surface area contributed by atoms with Crippen LogP contribution in [0.3, 0.4) is 0 Å². The van der Waals surface area contributed by atoms with Crippen molar-refractivity contribution in [1.82, 2.24) is 9.97 Å². The van der Waals surface area contributed by atoms with Crippen molar-refractivity contribution < 1.29 is 19.1 Å².